The minimum Gasteiger partial charge on any atom is -0.319 e. The molecule has 1 heterocycles. The van der Waals surface area contributed by atoms with Crippen molar-refractivity contribution in [2.24, 2.45) is 0 Å². The molecule has 0 atom stereocenters. The van der Waals surface area contributed by atoms with E-state index in [-0.39, 0.29) is 5.91 Å². The molecule has 0 fully saturated rings. The summed E-state index contributed by atoms with van der Waals surface area (Å²) in [6, 6.07) is 12.5. The van der Waals surface area contributed by atoms with Gasteiger partial charge in [0.2, 0.25) is 0 Å². The zero-order chi connectivity index (χ0) is 16.2. The summed E-state index contributed by atoms with van der Waals surface area (Å²) in [4.78, 5) is 20.4. The highest BCUT2D eigenvalue weighted by atomic mass is 35.5. The summed E-state index contributed by atoms with van der Waals surface area (Å²) in [5.74, 6) is -0.243. The number of carbonyl (C=O) groups excluding carboxylic acids is 1. The standard InChI is InChI=1S/C17H11ClFN3O/c18-13-3-1-2-12(8-13)16-20-9-15(10-21-16)22-17(23)11-4-6-14(19)7-5-11/h1-10H,(H,22,23). The zero-order valence-electron chi connectivity index (χ0n) is 11.8. The number of hydrogen-bond donors (Lipinski definition) is 1. The fourth-order valence-corrected chi connectivity index (χ4v) is 2.16. The number of nitrogens with zero attached hydrogens (tertiary/aromatic N) is 2. The van der Waals surface area contributed by atoms with E-state index in [1.165, 1.54) is 36.7 Å². The predicted octanol–water partition coefficient (Wildman–Crippen LogP) is 4.19. The molecule has 0 aliphatic rings. The third-order valence-electron chi connectivity index (χ3n) is 3.10. The van der Waals surface area contributed by atoms with E-state index in [4.69, 9.17) is 11.6 Å². The van der Waals surface area contributed by atoms with Crippen LogP contribution in [0.4, 0.5) is 10.1 Å². The number of anilines is 1. The van der Waals surface area contributed by atoms with Crippen LogP contribution in [0.3, 0.4) is 0 Å². The van der Waals surface area contributed by atoms with E-state index in [1.54, 1.807) is 12.1 Å². The molecule has 1 amide bonds. The highest BCUT2D eigenvalue weighted by Crippen LogP contribution is 2.19. The van der Waals surface area contributed by atoms with E-state index in [1.807, 2.05) is 12.1 Å². The van der Waals surface area contributed by atoms with Gasteiger partial charge in [-0.05, 0) is 36.4 Å². The number of hydrogen-bond acceptors (Lipinski definition) is 3. The number of nitrogens with one attached hydrogen (secondary N) is 1. The second kappa shape index (κ2) is 6.54. The minimum atomic E-state index is -0.393. The van der Waals surface area contributed by atoms with Crippen LogP contribution in [0.15, 0.2) is 60.9 Å². The fraction of sp³-hybridized carbons (Fsp3) is 0. The highest BCUT2D eigenvalue weighted by Gasteiger charge is 2.07. The van der Waals surface area contributed by atoms with Crippen molar-refractivity contribution in [3.63, 3.8) is 0 Å². The molecule has 1 aromatic heterocycles. The normalized spacial score (nSPS) is 10.3. The Balaban J connectivity index is 1.75. The van der Waals surface area contributed by atoms with Crippen molar-refractivity contribution >= 4 is 23.2 Å². The third kappa shape index (κ3) is 3.70. The first-order chi connectivity index (χ1) is 11.1. The Bertz CT molecular complexity index is 835. The van der Waals surface area contributed by atoms with Crippen molar-refractivity contribution in [1.82, 2.24) is 9.97 Å². The molecule has 3 aromatic rings. The number of halogens is 2. The van der Waals surface area contributed by atoms with Crippen LogP contribution in [0.2, 0.25) is 5.02 Å². The van der Waals surface area contributed by atoms with Crippen molar-refractivity contribution in [3.8, 4) is 11.4 Å². The van der Waals surface area contributed by atoms with Gasteiger partial charge in [-0.15, -0.1) is 0 Å². The number of carbonyl (C=O) groups is 1. The molecule has 0 saturated heterocycles. The van der Waals surface area contributed by atoms with Gasteiger partial charge in [-0.1, -0.05) is 23.7 Å². The van der Waals surface area contributed by atoms with E-state index in [0.29, 0.717) is 22.1 Å². The maximum Gasteiger partial charge on any atom is 0.255 e. The first kappa shape index (κ1) is 15.1. The second-order valence-electron chi connectivity index (χ2n) is 4.77. The first-order valence-corrected chi connectivity index (χ1v) is 7.14. The first-order valence-electron chi connectivity index (χ1n) is 6.77. The molecule has 0 bridgehead atoms. The Morgan fingerprint density at radius 1 is 1.04 bits per heavy atom. The highest BCUT2D eigenvalue weighted by molar-refractivity contribution is 6.30. The van der Waals surface area contributed by atoms with Gasteiger partial charge in [-0.3, -0.25) is 4.79 Å². The Labute approximate surface area is 137 Å². The van der Waals surface area contributed by atoms with E-state index in [0.717, 1.165) is 5.56 Å². The summed E-state index contributed by atoms with van der Waals surface area (Å²) >= 11 is 5.93. The number of rotatable bonds is 3. The summed E-state index contributed by atoms with van der Waals surface area (Å²) < 4.78 is 12.8. The summed E-state index contributed by atoms with van der Waals surface area (Å²) in [7, 11) is 0. The minimum absolute atomic E-state index is 0.352. The van der Waals surface area contributed by atoms with Gasteiger partial charge < -0.3 is 5.32 Å². The van der Waals surface area contributed by atoms with Gasteiger partial charge in [0.1, 0.15) is 5.82 Å². The summed E-state index contributed by atoms with van der Waals surface area (Å²) in [5, 5.41) is 3.25. The van der Waals surface area contributed by atoms with Gasteiger partial charge in [0, 0.05) is 16.1 Å². The van der Waals surface area contributed by atoms with Crippen LogP contribution in [-0.2, 0) is 0 Å². The SMILES string of the molecule is O=C(Nc1cnc(-c2cccc(Cl)c2)nc1)c1ccc(F)cc1. The van der Waals surface area contributed by atoms with E-state index < -0.39 is 5.82 Å². The van der Waals surface area contributed by atoms with Crippen LogP contribution >= 0.6 is 11.6 Å². The summed E-state index contributed by atoms with van der Waals surface area (Å²) in [5.41, 5.74) is 1.59. The maximum atomic E-state index is 12.8. The van der Waals surface area contributed by atoms with E-state index in [2.05, 4.69) is 15.3 Å². The van der Waals surface area contributed by atoms with Gasteiger partial charge in [-0.25, -0.2) is 14.4 Å². The quantitative estimate of drug-likeness (QED) is 0.784. The summed E-state index contributed by atoms with van der Waals surface area (Å²) in [6.07, 6.45) is 3.01. The molecule has 4 nitrogen and oxygen atoms in total. The molecule has 3 rings (SSSR count). The van der Waals surface area contributed by atoms with Crippen molar-refractivity contribution in [2.45, 2.75) is 0 Å². The Morgan fingerprint density at radius 2 is 1.74 bits per heavy atom. The molecule has 0 aliphatic carbocycles. The zero-order valence-corrected chi connectivity index (χ0v) is 12.6. The van der Waals surface area contributed by atoms with Crippen LogP contribution in [-0.4, -0.2) is 15.9 Å². The molecular formula is C17H11ClFN3O. The van der Waals surface area contributed by atoms with Crippen molar-refractivity contribution in [2.75, 3.05) is 5.32 Å². The molecule has 0 spiro atoms. The molecule has 6 heteroatoms. The van der Waals surface area contributed by atoms with Crippen molar-refractivity contribution < 1.29 is 9.18 Å². The monoisotopic (exact) mass is 327 g/mol. The summed E-state index contributed by atoms with van der Waals surface area (Å²) in [6.45, 7) is 0. The molecule has 2 aromatic carbocycles. The Hall–Kier alpha value is -2.79. The number of aromatic nitrogens is 2. The molecule has 0 unspecified atom stereocenters. The van der Waals surface area contributed by atoms with Crippen molar-refractivity contribution in [1.29, 1.82) is 0 Å². The fourth-order valence-electron chi connectivity index (χ4n) is 1.97. The van der Waals surface area contributed by atoms with Crippen LogP contribution in [0, 0.1) is 5.82 Å². The van der Waals surface area contributed by atoms with Crippen LogP contribution in [0.25, 0.3) is 11.4 Å². The van der Waals surface area contributed by atoms with Crippen molar-refractivity contribution in [3.05, 3.63) is 77.3 Å². The van der Waals surface area contributed by atoms with Gasteiger partial charge in [0.25, 0.3) is 5.91 Å². The lowest BCUT2D eigenvalue weighted by Gasteiger charge is -2.06. The molecule has 114 valence electrons. The molecular weight excluding hydrogens is 317 g/mol. The topological polar surface area (TPSA) is 54.9 Å². The van der Waals surface area contributed by atoms with Gasteiger partial charge >= 0.3 is 0 Å². The molecule has 23 heavy (non-hydrogen) atoms. The lowest BCUT2D eigenvalue weighted by Crippen LogP contribution is -2.12. The van der Waals surface area contributed by atoms with Gasteiger partial charge in [0.15, 0.2) is 5.82 Å². The van der Waals surface area contributed by atoms with E-state index in [9.17, 15) is 9.18 Å². The predicted molar refractivity (Wildman–Crippen MR) is 86.8 cm³/mol. The third-order valence-corrected chi connectivity index (χ3v) is 3.33. The average molecular weight is 328 g/mol. The lowest BCUT2D eigenvalue weighted by molar-refractivity contribution is 0.102. The Morgan fingerprint density at radius 3 is 2.39 bits per heavy atom. The smallest absolute Gasteiger partial charge is 0.255 e. The molecule has 0 saturated carbocycles. The average Bonchev–Trinajstić information content (AvgIpc) is 2.56. The van der Waals surface area contributed by atoms with Crippen LogP contribution < -0.4 is 5.32 Å². The Kier molecular flexibility index (Phi) is 4.30. The second-order valence-corrected chi connectivity index (χ2v) is 5.20. The largest absolute Gasteiger partial charge is 0.319 e. The lowest BCUT2D eigenvalue weighted by atomic mass is 10.2. The molecule has 1 N–H and O–H groups in total. The van der Waals surface area contributed by atoms with Gasteiger partial charge in [0.05, 0.1) is 18.1 Å². The molecule has 0 aliphatic heterocycles. The maximum absolute atomic E-state index is 12.8. The van der Waals surface area contributed by atoms with Gasteiger partial charge in [-0.2, -0.15) is 0 Å². The van der Waals surface area contributed by atoms with Crippen LogP contribution in [0.5, 0.6) is 0 Å². The molecule has 0 radical (unpaired) electrons. The van der Waals surface area contributed by atoms with Crippen LogP contribution in [0.1, 0.15) is 10.4 Å². The van der Waals surface area contributed by atoms with E-state index >= 15 is 0 Å². The number of benzene rings is 2. The number of amides is 1.